The van der Waals surface area contributed by atoms with Crippen molar-refractivity contribution in [3.05, 3.63) is 35.9 Å². The highest BCUT2D eigenvalue weighted by Crippen LogP contribution is 2.16. The van der Waals surface area contributed by atoms with Crippen LogP contribution in [0.25, 0.3) is 0 Å². The van der Waals surface area contributed by atoms with E-state index in [1.54, 1.807) is 11.9 Å². The van der Waals surface area contributed by atoms with Crippen LogP contribution in [0.15, 0.2) is 30.3 Å². The Balaban J connectivity index is 2.48. The van der Waals surface area contributed by atoms with Crippen molar-refractivity contribution in [1.29, 1.82) is 0 Å². The zero-order chi connectivity index (χ0) is 13.4. The summed E-state index contributed by atoms with van der Waals surface area (Å²) in [5, 5.41) is 3.39. The van der Waals surface area contributed by atoms with Crippen LogP contribution in [0, 0.1) is 0 Å². The van der Waals surface area contributed by atoms with Gasteiger partial charge in [0, 0.05) is 6.04 Å². The number of nitrogens with zero attached hydrogens (tertiary/aromatic N) is 1. The molecule has 0 spiro atoms. The molecule has 4 heteroatoms. The van der Waals surface area contributed by atoms with Crippen LogP contribution in [0.3, 0.4) is 0 Å². The van der Waals surface area contributed by atoms with Crippen molar-refractivity contribution in [2.75, 3.05) is 26.7 Å². The summed E-state index contributed by atoms with van der Waals surface area (Å²) in [6, 6.07) is 10.4. The lowest BCUT2D eigenvalue weighted by molar-refractivity contribution is 0.0985. The molecule has 1 rings (SSSR count). The van der Waals surface area contributed by atoms with Crippen LogP contribution < -0.4 is 5.32 Å². The Kier molecular flexibility index (Phi) is 6.83. The summed E-state index contributed by atoms with van der Waals surface area (Å²) in [4.78, 5) is 1.68. The van der Waals surface area contributed by atoms with Crippen LogP contribution in [-0.2, 0) is 0 Å². The molecule has 0 saturated heterocycles. The summed E-state index contributed by atoms with van der Waals surface area (Å²) in [7, 11) is 1.74. The minimum Gasteiger partial charge on any atom is -0.310 e. The molecule has 0 amide bonds. The van der Waals surface area contributed by atoms with E-state index in [-0.39, 0.29) is 12.6 Å². The Morgan fingerprint density at radius 1 is 1.22 bits per heavy atom. The molecule has 0 aromatic heterocycles. The largest absolute Gasteiger partial charge is 0.310 e. The molecule has 102 valence electrons. The molecule has 0 radical (unpaired) electrons. The van der Waals surface area contributed by atoms with E-state index in [2.05, 4.69) is 24.4 Å². The van der Waals surface area contributed by atoms with Gasteiger partial charge in [0.1, 0.15) is 0 Å². The van der Waals surface area contributed by atoms with Crippen molar-refractivity contribution in [2.24, 2.45) is 0 Å². The van der Waals surface area contributed by atoms with Gasteiger partial charge >= 0.3 is 0 Å². The molecule has 0 aliphatic carbocycles. The predicted molar refractivity (Wildman–Crippen MR) is 71.0 cm³/mol. The highest BCUT2D eigenvalue weighted by atomic mass is 19.3. The number of hydrogen-bond acceptors (Lipinski definition) is 2. The average Bonchev–Trinajstić information content (AvgIpc) is 2.34. The SMILES string of the molecule is CCNC(CCN(C)CC(F)F)c1ccccc1. The second kappa shape index (κ2) is 8.16. The van der Waals surface area contributed by atoms with Gasteiger partial charge in [0.25, 0.3) is 6.43 Å². The summed E-state index contributed by atoms with van der Waals surface area (Å²) in [6.07, 6.45) is -1.43. The van der Waals surface area contributed by atoms with Crippen LogP contribution >= 0.6 is 0 Å². The normalized spacial score (nSPS) is 13.2. The van der Waals surface area contributed by atoms with E-state index in [1.807, 2.05) is 18.2 Å². The van der Waals surface area contributed by atoms with E-state index in [1.165, 1.54) is 5.56 Å². The predicted octanol–water partition coefficient (Wildman–Crippen LogP) is 2.92. The third kappa shape index (κ3) is 5.56. The van der Waals surface area contributed by atoms with Crippen molar-refractivity contribution in [3.63, 3.8) is 0 Å². The van der Waals surface area contributed by atoms with Gasteiger partial charge in [-0.2, -0.15) is 0 Å². The van der Waals surface area contributed by atoms with Crippen LogP contribution in [0.2, 0.25) is 0 Å². The van der Waals surface area contributed by atoms with Crippen LogP contribution in [0.5, 0.6) is 0 Å². The Labute approximate surface area is 108 Å². The van der Waals surface area contributed by atoms with E-state index in [4.69, 9.17) is 0 Å². The standard InChI is InChI=1S/C14H22F2N2/c1-3-17-13(12-7-5-4-6-8-12)9-10-18(2)11-14(15)16/h4-8,13-14,17H,3,9-11H2,1-2H3. The van der Waals surface area contributed by atoms with Gasteiger partial charge in [0.05, 0.1) is 6.54 Å². The van der Waals surface area contributed by atoms with Gasteiger partial charge in [-0.3, -0.25) is 0 Å². The van der Waals surface area contributed by atoms with Gasteiger partial charge in [-0.15, -0.1) is 0 Å². The van der Waals surface area contributed by atoms with Crippen LogP contribution in [-0.4, -0.2) is 38.0 Å². The number of rotatable bonds is 8. The van der Waals surface area contributed by atoms with Gasteiger partial charge in [0.15, 0.2) is 0 Å². The quantitative estimate of drug-likeness (QED) is 0.769. The molecule has 0 fully saturated rings. The van der Waals surface area contributed by atoms with Crippen molar-refractivity contribution in [2.45, 2.75) is 25.8 Å². The van der Waals surface area contributed by atoms with Gasteiger partial charge in [-0.25, -0.2) is 8.78 Å². The summed E-state index contributed by atoms with van der Waals surface area (Å²) >= 11 is 0. The maximum Gasteiger partial charge on any atom is 0.251 e. The molecular weight excluding hydrogens is 234 g/mol. The lowest BCUT2D eigenvalue weighted by Gasteiger charge is -2.22. The first-order valence-electron chi connectivity index (χ1n) is 6.38. The van der Waals surface area contributed by atoms with E-state index >= 15 is 0 Å². The third-order valence-corrected chi connectivity index (χ3v) is 2.90. The first kappa shape index (κ1) is 15.1. The molecule has 0 bridgehead atoms. The van der Waals surface area contributed by atoms with E-state index in [0.717, 1.165) is 13.0 Å². The maximum absolute atomic E-state index is 12.2. The number of alkyl halides is 2. The molecule has 1 unspecified atom stereocenters. The second-order valence-electron chi connectivity index (χ2n) is 4.46. The Morgan fingerprint density at radius 2 is 1.89 bits per heavy atom. The number of halogens is 2. The minimum absolute atomic E-state index is 0.159. The smallest absolute Gasteiger partial charge is 0.251 e. The molecule has 2 nitrogen and oxygen atoms in total. The lowest BCUT2D eigenvalue weighted by Crippen LogP contribution is -2.30. The van der Waals surface area contributed by atoms with Crippen LogP contribution in [0.1, 0.15) is 24.9 Å². The van der Waals surface area contributed by atoms with Crippen molar-refractivity contribution in [1.82, 2.24) is 10.2 Å². The summed E-state index contributed by atoms with van der Waals surface area (Å²) in [6.45, 7) is 3.43. The fourth-order valence-electron chi connectivity index (χ4n) is 1.99. The average molecular weight is 256 g/mol. The second-order valence-corrected chi connectivity index (χ2v) is 4.46. The molecule has 0 aliphatic heterocycles. The van der Waals surface area contributed by atoms with E-state index in [0.29, 0.717) is 6.54 Å². The van der Waals surface area contributed by atoms with Crippen LogP contribution in [0.4, 0.5) is 8.78 Å². The molecule has 18 heavy (non-hydrogen) atoms. The fraction of sp³-hybridized carbons (Fsp3) is 0.571. The van der Waals surface area contributed by atoms with E-state index in [9.17, 15) is 8.78 Å². The fourth-order valence-corrected chi connectivity index (χ4v) is 1.99. The molecule has 0 heterocycles. The minimum atomic E-state index is -2.26. The number of nitrogens with one attached hydrogen (secondary N) is 1. The number of hydrogen-bond donors (Lipinski definition) is 1. The first-order valence-corrected chi connectivity index (χ1v) is 6.38. The number of benzene rings is 1. The van der Waals surface area contributed by atoms with Crippen molar-refractivity contribution < 1.29 is 8.78 Å². The molecule has 1 aromatic rings. The van der Waals surface area contributed by atoms with Gasteiger partial charge < -0.3 is 10.2 Å². The zero-order valence-electron chi connectivity index (χ0n) is 11.1. The zero-order valence-corrected chi connectivity index (χ0v) is 11.1. The summed E-state index contributed by atoms with van der Waals surface area (Å²) in [5.41, 5.74) is 1.21. The van der Waals surface area contributed by atoms with E-state index < -0.39 is 6.43 Å². The summed E-state index contributed by atoms with van der Waals surface area (Å²) < 4.78 is 24.4. The maximum atomic E-state index is 12.2. The summed E-state index contributed by atoms with van der Waals surface area (Å²) in [5.74, 6) is 0. The lowest BCUT2D eigenvalue weighted by atomic mass is 10.0. The molecule has 0 saturated carbocycles. The topological polar surface area (TPSA) is 15.3 Å². The van der Waals surface area contributed by atoms with Crippen molar-refractivity contribution >= 4 is 0 Å². The Hall–Kier alpha value is -1.00. The monoisotopic (exact) mass is 256 g/mol. The van der Waals surface area contributed by atoms with Gasteiger partial charge in [0.2, 0.25) is 0 Å². The first-order chi connectivity index (χ1) is 8.63. The molecular formula is C14H22F2N2. The Bertz CT molecular complexity index is 317. The molecule has 1 N–H and O–H groups in total. The highest BCUT2D eigenvalue weighted by Gasteiger charge is 2.12. The third-order valence-electron chi connectivity index (χ3n) is 2.90. The molecule has 1 aromatic carbocycles. The van der Waals surface area contributed by atoms with Crippen molar-refractivity contribution in [3.8, 4) is 0 Å². The van der Waals surface area contributed by atoms with Gasteiger partial charge in [-0.05, 0) is 32.1 Å². The van der Waals surface area contributed by atoms with Gasteiger partial charge in [-0.1, -0.05) is 37.3 Å². The molecule has 1 atom stereocenters. The molecule has 0 aliphatic rings. The Morgan fingerprint density at radius 3 is 2.44 bits per heavy atom. The highest BCUT2D eigenvalue weighted by molar-refractivity contribution is 5.18.